The number of aromatic nitrogens is 1. The molecule has 0 radical (unpaired) electrons. The van der Waals surface area contributed by atoms with Crippen LogP contribution in [0.1, 0.15) is 40.7 Å². The van der Waals surface area contributed by atoms with Gasteiger partial charge in [0.2, 0.25) is 5.69 Å². The summed E-state index contributed by atoms with van der Waals surface area (Å²) in [7, 11) is 2.19. The van der Waals surface area contributed by atoms with Gasteiger partial charge in [0.05, 0.1) is 5.56 Å². The lowest BCUT2D eigenvalue weighted by molar-refractivity contribution is -0.660. The summed E-state index contributed by atoms with van der Waals surface area (Å²) in [5.41, 5.74) is 15.6. The lowest BCUT2D eigenvalue weighted by atomic mass is 9.93. The highest BCUT2D eigenvalue weighted by Crippen LogP contribution is 2.45. The number of benzene rings is 3. The maximum absolute atomic E-state index is 2.44. The SMILES string of the molecule is Cc1ccc2c3c1-c1cc(cc[n+]1C)CCCCc1cccc(c1)-c1cccc-2c1C3. The van der Waals surface area contributed by atoms with Crippen molar-refractivity contribution < 1.29 is 4.57 Å². The van der Waals surface area contributed by atoms with E-state index < -0.39 is 0 Å². The van der Waals surface area contributed by atoms with Crippen molar-refractivity contribution >= 4 is 0 Å². The van der Waals surface area contributed by atoms with Gasteiger partial charge in [-0.25, -0.2) is 4.57 Å². The van der Waals surface area contributed by atoms with Crippen LogP contribution in [0.4, 0.5) is 0 Å². The smallest absolute Gasteiger partial charge is 0.201 e. The Morgan fingerprint density at radius 1 is 0.710 bits per heavy atom. The Hall–Kier alpha value is -3.19. The van der Waals surface area contributed by atoms with Crippen molar-refractivity contribution in [2.75, 3.05) is 0 Å². The highest BCUT2D eigenvalue weighted by atomic mass is 14.9. The van der Waals surface area contributed by atoms with Gasteiger partial charge in [-0.1, -0.05) is 54.6 Å². The van der Waals surface area contributed by atoms with E-state index in [1.807, 2.05) is 0 Å². The monoisotopic (exact) mass is 402 g/mol. The first-order valence-electron chi connectivity index (χ1n) is 11.5. The van der Waals surface area contributed by atoms with E-state index in [0.29, 0.717) is 0 Å². The fourth-order valence-electron chi connectivity index (χ4n) is 5.60. The molecule has 1 heterocycles. The van der Waals surface area contributed by atoms with Crippen molar-refractivity contribution in [2.24, 2.45) is 7.05 Å². The quantitative estimate of drug-likeness (QED) is 0.257. The second-order valence-electron chi connectivity index (χ2n) is 9.23. The summed E-state index contributed by atoms with van der Waals surface area (Å²) in [6, 6.07) is 25.5. The molecule has 0 unspecified atom stereocenters. The van der Waals surface area contributed by atoms with Gasteiger partial charge in [0.15, 0.2) is 6.20 Å². The Labute approximate surface area is 185 Å². The zero-order valence-electron chi connectivity index (χ0n) is 18.4. The van der Waals surface area contributed by atoms with E-state index in [4.69, 9.17) is 0 Å². The van der Waals surface area contributed by atoms with Gasteiger partial charge in [0.1, 0.15) is 7.05 Å². The number of aryl methyl sites for hydroxylation is 4. The van der Waals surface area contributed by atoms with Crippen LogP contribution in [0.3, 0.4) is 0 Å². The molecule has 0 fully saturated rings. The molecule has 0 spiro atoms. The fraction of sp³-hybridized carbons (Fsp3) is 0.233. The van der Waals surface area contributed by atoms with Crippen LogP contribution in [0.5, 0.6) is 0 Å². The van der Waals surface area contributed by atoms with Crippen molar-refractivity contribution in [3.05, 3.63) is 101 Å². The third-order valence-corrected chi connectivity index (χ3v) is 7.23. The first kappa shape index (κ1) is 18.6. The fourth-order valence-corrected chi connectivity index (χ4v) is 5.60. The first-order chi connectivity index (χ1) is 15.2. The minimum absolute atomic E-state index is 1.01. The third-order valence-electron chi connectivity index (χ3n) is 7.23. The topological polar surface area (TPSA) is 3.88 Å². The van der Waals surface area contributed by atoms with Crippen molar-refractivity contribution in [3.63, 3.8) is 0 Å². The van der Waals surface area contributed by atoms with Gasteiger partial charge < -0.3 is 0 Å². The van der Waals surface area contributed by atoms with Crippen molar-refractivity contribution in [1.82, 2.24) is 0 Å². The molecule has 0 N–H and O–H groups in total. The second kappa shape index (κ2) is 7.20. The molecule has 152 valence electrons. The normalized spacial score (nSPS) is 14.1. The summed E-state index contributed by atoms with van der Waals surface area (Å²) in [4.78, 5) is 0. The Kier molecular flexibility index (Phi) is 4.31. The maximum Gasteiger partial charge on any atom is 0.213 e. The maximum atomic E-state index is 2.44. The van der Waals surface area contributed by atoms with Gasteiger partial charge in [0.25, 0.3) is 0 Å². The minimum Gasteiger partial charge on any atom is -0.201 e. The molecule has 31 heavy (non-hydrogen) atoms. The molecule has 6 bridgehead atoms. The Balaban J connectivity index is 1.64. The van der Waals surface area contributed by atoms with E-state index in [1.54, 1.807) is 0 Å². The van der Waals surface area contributed by atoms with Crippen LogP contribution in [0, 0.1) is 6.92 Å². The molecule has 0 saturated carbocycles. The number of hydrogen-bond donors (Lipinski definition) is 0. The molecular weight excluding hydrogens is 374 g/mol. The molecule has 1 nitrogen and oxygen atoms in total. The summed E-state index contributed by atoms with van der Waals surface area (Å²) in [5.74, 6) is 0. The highest BCUT2D eigenvalue weighted by Gasteiger charge is 2.28. The van der Waals surface area contributed by atoms with Crippen LogP contribution in [0.25, 0.3) is 33.5 Å². The Bertz CT molecular complexity index is 1330. The zero-order valence-corrected chi connectivity index (χ0v) is 18.4. The molecule has 4 aromatic rings. The largest absolute Gasteiger partial charge is 0.213 e. The summed E-state index contributed by atoms with van der Waals surface area (Å²) in [5, 5.41) is 0. The number of fused-ring (bicyclic) bond motifs is 7. The summed E-state index contributed by atoms with van der Waals surface area (Å²) >= 11 is 0. The standard InChI is InChI=1S/C30H28N/c1-20-13-14-26-25-12-6-11-24-23-10-5-9-21(17-23)7-3-4-8-22-15-16-31(2)29(18-22)30(20)28(26)19-27(24)25/h5-6,9-18H,3-4,7-8,19H2,1-2H3/q+1. The molecule has 0 atom stereocenters. The summed E-state index contributed by atoms with van der Waals surface area (Å²) in [6.45, 7) is 2.27. The van der Waals surface area contributed by atoms with Crippen LogP contribution in [-0.4, -0.2) is 0 Å². The van der Waals surface area contributed by atoms with Crippen LogP contribution < -0.4 is 4.57 Å². The number of nitrogens with zero attached hydrogens (tertiary/aromatic N) is 1. The first-order valence-corrected chi connectivity index (χ1v) is 11.5. The van der Waals surface area contributed by atoms with Crippen LogP contribution in [0.2, 0.25) is 0 Å². The Morgan fingerprint density at radius 2 is 1.45 bits per heavy atom. The summed E-state index contributed by atoms with van der Waals surface area (Å²) in [6.07, 6.45) is 8.00. The van der Waals surface area contributed by atoms with Crippen molar-refractivity contribution in [1.29, 1.82) is 0 Å². The predicted octanol–water partition coefficient (Wildman–Crippen LogP) is 6.60. The second-order valence-corrected chi connectivity index (χ2v) is 9.23. The predicted molar refractivity (Wildman–Crippen MR) is 128 cm³/mol. The molecule has 0 amide bonds. The molecule has 2 aliphatic carbocycles. The molecule has 0 aliphatic heterocycles. The van der Waals surface area contributed by atoms with Crippen LogP contribution in [-0.2, 0) is 26.3 Å². The highest BCUT2D eigenvalue weighted by molar-refractivity contribution is 5.89. The molecule has 2 aliphatic rings. The van der Waals surface area contributed by atoms with E-state index in [-0.39, 0.29) is 0 Å². The average Bonchev–Trinajstić information content (AvgIpc) is 3.16. The lowest BCUT2D eigenvalue weighted by Gasteiger charge is -2.12. The third kappa shape index (κ3) is 3.03. The van der Waals surface area contributed by atoms with E-state index >= 15 is 0 Å². The number of rotatable bonds is 0. The molecule has 1 heteroatoms. The molecule has 6 rings (SSSR count). The van der Waals surface area contributed by atoms with Gasteiger partial charge in [-0.05, 0) is 82.7 Å². The molecular formula is C30H28N+. The average molecular weight is 403 g/mol. The van der Waals surface area contributed by atoms with Crippen LogP contribution >= 0.6 is 0 Å². The Morgan fingerprint density at radius 3 is 2.32 bits per heavy atom. The minimum atomic E-state index is 1.01. The molecule has 0 saturated heterocycles. The zero-order chi connectivity index (χ0) is 20.9. The van der Waals surface area contributed by atoms with E-state index in [9.17, 15) is 0 Å². The molecule has 3 aromatic carbocycles. The van der Waals surface area contributed by atoms with Gasteiger partial charge in [-0.15, -0.1) is 0 Å². The van der Waals surface area contributed by atoms with E-state index in [1.165, 1.54) is 74.2 Å². The number of hydrogen-bond acceptors (Lipinski definition) is 0. The molecule has 1 aromatic heterocycles. The van der Waals surface area contributed by atoms with E-state index in [2.05, 4.69) is 91.5 Å². The number of pyridine rings is 1. The lowest BCUT2D eigenvalue weighted by Crippen LogP contribution is -2.31. The summed E-state index contributed by atoms with van der Waals surface area (Å²) < 4.78 is 2.30. The van der Waals surface area contributed by atoms with Gasteiger partial charge in [-0.3, -0.25) is 0 Å². The van der Waals surface area contributed by atoms with Gasteiger partial charge in [0, 0.05) is 18.6 Å². The van der Waals surface area contributed by atoms with Crippen molar-refractivity contribution in [3.8, 4) is 33.5 Å². The van der Waals surface area contributed by atoms with Crippen LogP contribution in [0.15, 0.2) is 72.9 Å². The van der Waals surface area contributed by atoms with Gasteiger partial charge >= 0.3 is 0 Å². The van der Waals surface area contributed by atoms with Gasteiger partial charge in [-0.2, -0.15) is 0 Å². The van der Waals surface area contributed by atoms with Crippen molar-refractivity contribution in [2.45, 2.75) is 39.0 Å². The van der Waals surface area contributed by atoms with E-state index in [0.717, 1.165) is 19.3 Å².